The van der Waals surface area contributed by atoms with Crippen molar-refractivity contribution >= 4 is 44.4 Å². The number of hydrogen-bond donors (Lipinski definition) is 1. The van der Waals surface area contributed by atoms with Crippen molar-refractivity contribution in [2.45, 2.75) is 6.04 Å². The van der Waals surface area contributed by atoms with Gasteiger partial charge in [-0.25, -0.2) is 9.98 Å². The van der Waals surface area contributed by atoms with Crippen molar-refractivity contribution in [3.05, 3.63) is 180 Å². The lowest BCUT2D eigenvalue weighted by molar-refractivity contribution is 0.672. The van der Waals surface area contributed by atoms with Crippen molar-refractivity contribution in [2.75, 3.05) is 0 Å². The first-order valence-electron chi connectivity index (χ1n) is 15.9. The van der Waals surface area contributed by atoms with E-state index in [0.717, 1.165) is 77.9 Å². The van der Waals surface area contributed by atoms with Crippen molar-refractivity contribution in [3.8, 4) is 22.4 Å². The fourth-order valence-corrected chi connectivity index (χ4v) is 6.56. The van der Waals surface area contributed by atoms with Crippen LogP contribution in [0.5, 0.6) is 0 Å². The number of aliphatic imine (C=N–C) groups is 1. The molecular formula is C43H29N3O. The second kappa shape index (κ2) is 11.3. The van der Waals surface area contributed by atoms with Gasteiger partial charge in [-0.1, -0.05) is 133 Å². The maximum Gasteiger partial charge on any atom is 0.147 e. The van der Waals surface area contributed by atoms with Gasteiger partial charge in [0.15, 0.2) is 0 Å². The Balaban J connectivity index is 1.14. The monoisotopic (exact) mass is 603 g/mol. The van der Waals surface area contributed by atoms with Gasteiger partial charge in [-0.15, -0.1) is 0 Å². The standard InChI is InChI=1S/C43H29N3O/c1-4-12-29(13-5-1)37-27-38(46-43(45-37)32-16-8-3-9-17-32)30-22-20-28(21-23-30)33-24-25-39-35(26-33)40-41(31-14-6-2-7-15-31)44-36-19-11-10-18-34(36)42(40)47-39/h1-27,37H,(H,45,46). The second-order valence-corrected chi connectivity index (χ2v) is 11.8. The van der Waals surface area contributed by atoms with Crippen molar-refractivity contribution in [3.63, 3.8) is 0 Å². The highest BCUT2D eigenvalue weighted by atomic mass is 16.3. The molecule has 2 aromatic heterocycles. The Morgan fingerprint density at radius 3 is 1.94 bits per heavy atom. The summed E-state index contributed by atoms with van der Waals surface area (Å²) in [5.41, 5.74) is 11.2. The van der Waals surface area contributed by atoms with Crippen LogP contribution in [0.15, 0.2) is 173 Å². The van der Waals surface area contributed by atoms with Crippen LogP contribution in [0.1, 0.15) is 22.7 Å². The molecule has 0 saturated carbocycles. The first-order chi connectivity index (χ1) is 23.3. The van der Waals surface area contributed by atoms with Gasteiger partial charge >= 0.3 is 0 Å². The number of nitrogens with one attached hydrogen (secondary N) is 1. The average molecular weight is 604 g/mol. The highest BCUT2D eigenvalue weighted by molar-refractivity contribution is 6.19. The van der Waals surface area contributed by atoms with Gasteiger partial charge in [-0.3, -0.25) is 0 Å². The first kappa shape index (κ1) is 27.1. The van der Waals surface area contributed by atoms with E-state index in [9.17, 15) is 0 Å². The molecular weight excluding hydrogens is 574 g/mol. The molecule has 4 heteroatoms. The minimum Gasteiger partial charge on any atom is -0.455 e. The number of hydrogen-bond acceptors (Lipinski definition) is 4. The van der Waals surface area contributed by atoms with E-state index in [1.165, 1.54) is 5.56 Å². The Morgan fingerprint density at radius 1 is 0.532 bits per heavy atom. The van der Waals surface area contributed by atoms with E-state index >= 15 is 0 Å². The molecule has 47 heavy (non-hydrogen) atoms. The van der Waals surface area contributed by atoms with Crippen LogP contribution in [0, 0.1) is 0 Å². The molecule has 8 aromatic rings. The molecule has 0 amide bonds. The van der Waals surface area contributed by atoms with Gasteiger partial charge in [0.1, 0.15) is 17.0 Å². The van der Waals surface area contributed by atoms with E-state index in [-0.39, 0.29) is 6.04 Å². The molecule has 6 aromatic carbocycles. The van der Waals surface area contributed by atoms with E-state index in [0.29, 0.717) is 0 Å². The molecule has 0 saturated heterocycles. The summed E-state index contributed by atoms with van der Waals surface area (Å²) in [5.74, 6) is 0.869. The lowest BCUT2D eigenvalue weighted by Gasteiger charge is -2.24. The zero-order valence-electron chi connectivity index (χ0n) is 25.5. The molecule has 1 unspecified atom stereocenters. The molecule has 3 heterocycles. The fraction of sp³-hybridized carbons (Fsp3) is 0.0233. The maximum absolute atomic E-state index is 6.54. The summed E-state index contributed by atoms with van der Waals surface area (Å²) in [6.45, 7) is 0. The Bertz CT molecular complexity index is 2460. The lowest BCUT2D eigenvalue weighted by atomic mass is 9.97. The summed E-state index contributed by atoms with van der Waals surface area (Å²) < 4.78 is 6.54. The van der Waals surface area contributed by atoms with Crippen LogP contribution >= 0.6 is 0 Å². The third-order valence-corrected chi connectivity index (χ3v) is 8.92. The third kappa shape index (κ3) is 4.88. The quantitative estimate of drug-likeness (QED) is 0.213. The number of para-hydroxylation sites is 1. The maximum atomic E-state index is 6.54. The molecule has 0 spiro atoms. The number of furan rings is 1. The smallest absolute Gasteiger partial charge is 0.147 e. The van der Waals surface area contributed by atoms with E-state index in [2.05, 4.69) is 121 Å². The predicted molar refractivity (Wildman–Crippen MR) is 193 cm³/mol. The molecule has 4 nitrogen and oxygen atoms in total. The zero-order valence-corrected chi connectivity index (χ0v) is 25.5. The van der Waals surface area contributed by atoms with Crippen LogP contribution < -0.4 is 5.32 Å². The van der Waals surface area contributed by atoms with Gasteiger partial charge < -0.3 is 9.73 Å². The number of nitrogens with zero attached hydrogens (tertiary/aromatic N) is 2. The number of amidine groups is 1. The Morgan fingerprint density at radius 2 is 1.17 bits per heavy atom. The van der Waals surface area contributed by atoms with Gasteiger partial charge in [0.05, 0.1) is 28.3 Å². The predicted octanol–water partition coefficient (Wildman–Crippen LogP) is 10.6. The molecule has 0 fully saturated rings. The van der Waals surface area contributed by atoms with E-state index in [4.69, 9.17) is 14.4 Å². The van der Waals surface area contributed by atoms with Gasteiger partial charge in [-0.05, 0) is 52.6 Å². The Kier molecular flexibility index (Phi) is 6.50. The topological polar surface area (TPSA) is 50.4 Å². The van der Waals surface area contributed by atoms with Gasteiger partial charge in [0, 0.05) is 21.9 Å². The van der Waals surface area contributed by atoms with Crippen LogP contribution in [0.2, 0.25) is 0 Å². The molecule has 9 rings (SSSR count). The summed E-state index contributed by atoms with van der Waals surface area (Å²) >= 11 is 0. The van der Waals surface area contributed by atoms with Crippen molar-refractivity contribution < 1.29 is 4.42 Å². The Hall–Kier alpha value is -6.26. The molecule has 1 N–H and O–H groups in total. The zero-order chi connectivity index (χ0) is 31.2. The number of aromatic nitrogens is 1. The van der Waals surface area contributed by atoms with Crippen molar-refractivity contribution in [1.82, 2.24) is 10.3 Å². The highest BCUT2D eigenvalue weighted by Gasteiger charge is 2.21. The third-order valence-electron chi connectivity index (χ3n) is 8.92. The summed E-state index contributed by atoms with van der Waals surface area (Å²) in [6.07, 6.45) is 2.21. The first-order valence-corrected chi connectivity index (χ1v) is 15.9. The van der Waals surface area contributed by atoms with Crippen LogP contribution in [0.4, 0.5) is 0 Å². The average Bonchev–Trinajstić information content (AvgIpc) is 3.55. The largest absolute Gasteiger partial charge is 0.455 e. The molecule has 0 bridgehead atoms. The SMILES string of the molecule is C1=C(c2ccc(-c3ccc4oc5c6ccccc6nc(-c6ccccc6)c5c4c3)cc2)N=C(c2ccccc2)NC1c1ccccc1. The minimum absolute atomic E-state index is 0.0128. The van der Waals surface area contributed by atoms with Crippen LogP contribution in [-0.2, 0) is 0 Å². The second-order valence-electron chi connectivity index (χ2n) is 11.8. The fourth-order valence-electron chi connectivity index (χ4n) is 6.56. The summed E-state index contributed by atoms with van der Waals surface area (Å²) in [6, 6.07) is 54.6. The number of benzene rings is 6. The Labute approximate surface area is 272 Å². The van der Waals surface area contributed by atoms with Crippen LogP contribution in [-0.4, -0.2) is 10.8 Å². The van der Waals surface area contributed by atoms with Crippen LogP contribution in [0.25, 0.3) is 60.9 Å². The van der Waals surface area contributed by atoms with Gasteiger partial charge in [-0.2, -0.15) is 0 Å². The molecule has 1 aliphatic rings. The van der Waals surface area contributed by atoms with Crippen molar-refractivity contribution in [2.24, 2.45) is 4.99 Å². The van der Waals surface area contributed by atoms with Crippen molar-refractivity contribution in [1.29, 1.82) is 0 Å². The summed E-state index contributed by atoms with van der Waals surface area (Å²) in [4.78, 5) is 10.2. The lowest BCUT2D eigenvalue weighted by Crippen LogP contribution is -2.31. The minimum atomic E-state index is 0.0128. The molecule has 1 atom stereocenters. The number of rotatable bonds is 5. The molecule has 0 aliphatic carbocycles. The summed E-state index contributed by atoms with van der Waals surface area (Å²) in [7, 11) is 0. The van der Waals surface area contributed by atoms with E-state index in [1.807, 2.05) is 48.5 Å². The highest BCUT2D eigenvalue weighted by Crippen LogP contribution is 2.41. The number of pyridine rings is 1. The molecule has 1 aliphatic heterocycles. The van der Waals surface area contributed by atoms with E-state index in [1.54, 1.807) is 0 Å². The van der Waals surface area contributed by atoms with Gasteiger partial charge in [0.25, 0.3) is 0 Å². The molecule has 222 valence electrons. The van der Waals surface area contributed by atoms with Gasteiger partial charge in [0.2, 0.25) is 0 Å². The van der Waals surface area contributed by atoms with Crippen LogP contribution in [0.3, 0.4) is 0 Å². The summed E-state index contributed by atoms with van der Waals surface area (Å²) in [5, 5.41) is 6.75. The normalized spacial score (nSPS) is 14.6. The number of fused-ring (bicyclic) bond motifs is 5. The molecule has 0 radical (unpaired) electrons. The van der Waals surface area contributed by atoms with E-state index < -0.39 is 0 Å².